The van der Waals surface area contributed by atoms with Crippen LogP contribution in [-0.2, 0) is 0 Å². The van der Waals surface area contributed by atoms with Crippen LogP contribution < -0.4 is 11.1 Å². The molecule has 4 N–H and O–H groups in total. The van der Waals surface area contributed by atoms with Gasteiger partial charge in [0.25, 0.3) is 5.91 Å². The summed E-state index contributed by atoms with van der Waals surface area (Å²) in [5, 5.41) is 13.8. The average Bonchev–Trinajstić information content (AvgIpc) is 3.20. The Morgan fingerprint density at radius 3 is 2.78 bits per heavy atom. The first-order valence-corrected chi connectivity index (χ1v) is 9.02. The molecule has 1 amide bonds. The number of aromatic nitrogens is 6. The largest absolute Gasteiger partial charge is 0.383 e. The van der Waals surface area contributed by atoms with Gasteiger partial charge in [-0.05, 0) is 28.8 Å². The van der Waals surface area contributed by atoms with E-state index >= 15 is 0 Å². The Balaban J connectivity index is 1.72. The highest BCUT2D eigenvalue weighted by atomic mass is 79.9. The molecule has 12 heteroatoms. The van der Waals surface area contributed by atoms with E-state index in [-0.39, 0.29) is 43.2 Å². The van der Waals surface area contributed by atoms with Crippen molar-refractivity contribution in [3.05, 3.63) is 22.7 Å². The quantitative estimate of drug-likeness (QED) is 0.574. The van der Waals surface area contributed by atoms with Gasteiger partial charge in [-0.1, -0.05) is 0 Å². The fourth-order valence-corrected chi connectivity index (χ4v) is 3.52. The summed E-state index contributed by atoms with van der Waals surface area (Å²) in [5.74, 6) is -2.82. The maximum Gasteiger partial charge on any atom is 0.278 e. The highest BCUT2D eigenvalue weighted by molar-refractivity contribution is 9.10. The molecule has 0 radical (unpaired) electrons. The molecule has 0 spiro atoms. The fraction of sp³-hybridized carbons (Fsp3) is 0.400. The third-order valence-corrected chi connectivity index (χ3v) is 4.96. The number of fused-ring (bicyclic) bond motifs is 1. The Morgan fingerprint density at radius 1 is 1.37 bits per heavy atom. The third-order valence-electron chi connectivity index (χ3n) is 4.55. The van der Waals surface area contributed by atoms with Crippen molar-refractivity contribution in [2.45, 2.75) is 37.6 Å². The molecule has 3 aromatic heterocycles. The summed E-state index contributed by atoms with van der Waals surface area (Å²) in [7, 11) is 0. The Labute approximate surface area is 159 Å². The van der Waals surface area contributed by atoms with E-state index in [4.69, 9.17) is 5.73 Å². The summed E-state index contributed by atoms with van der Waals surface area (Å²) in [6.45, 7) is 0. The Bertz CT molecular complexity index is 1010. The molecule has 3 aromatic rings. The van der Waals surface area contributed by atoms with Crippen molar-refractivity contribution in [3.8, 4) is 0 Å². The lowest BCUT2D eigenvalue weighted by Gasteiger charge is -2.28. The summed E-state index contributed by atoms with van der Waals surface area (Å²) in [5.41, 5.74) is 6.32. The van der Waals surface area contributed by atoms with Crippen LogP contribution in [-0.4, -0.2) is 41.8 Å². The molecule has 27 heavy (non-hydrogen) atoms. The minimum absolute atomic E-state index is 0.0274. The molecule has 1 fully saturated rings. The van der Waals surface area contributed by atoms with Crippen LogP contribution in [0.4, 0.5) is 20.4 Å². The van der Waals surface area contributed by atoms with E-state index in [1.54, 1.807) is 6.07 Å². The van der Waals surface area contributed by atoms with Crippen LogP contribution in [0.3, 0.4) is 0 Å². The maximum absolute atomic E-state index is 13.5. The van der Waals surface area contributed by atoms with Crippen molar-refractivity contribution in [2.75, 3.05) is 11.1 Å². The molecular weight excluding hydrogens is 426 g/mol. The van der Waals surface area contributed by atoms with Crippen molar-refractivity contribution < 1.29 is 13.6 Å². The fourth-order valence-electron chi connectivity index (χ4n) is 3.22. The molecule has 0 bridgehead atoms. The number of carbonyl (C=O) groups is 1. The number of anilines is 2. The predicted octanol–water partition coefficient (Wildman–Crippen LogP) is 2.90. The summed E-state index contributed by atoms with van der Waals surface area (Å²) >= 11 is 3.20. The van der Waals surface area contributed by atoms with E-state index in [1.807, 2.05) is 0 Å². The van der Waals surface area contributed by atoms with Crippen LogP contribution in [0.2, 0.25) is 0 Å². The highest BCUT2D eigenvalue weighted by Crippen LogP contribution is 2.39. The van der Waals surface area contributed by atoms with Gasteiger partial charge in [0.05, 0.1) is 11.4 Å². The molecule has 1 saturated carbocycles. The summed E-state index contributed by atoms with van der Waals surface area (Å²) in [6, 6.07) is 1.29. The second kappa shape index (κ2) is 6.51. The van der Waals surface area contributed by atoms with Gasteiger partial charge < -0.3 is 11.1 Å². The van der Waals surface area contributed by atoms with Gasteiger partial charge in [-0.15, -0.1) is 0 Å². The standard InChI is InChI=1S/C15H15BrF2N8O/c16-8-5-9(24-23-8)22-14(27)11-10-12(19)20-6-21-13(10)26(25-11)7-1-3-15(17,18)4-2-7/h5-7H,1-4H2,(H2,19,20,21)(H2,22,23,24,27). The highest BCUT2D eigenvalue weighted by Gasteiger charge is 2.37. The van der Waals surface area contributed by atoms with Crippen molar-refractivity contribution in [1.29, 1.82) is 0 Å². The third kappa shape index (κ3) is 3.36. The minimum atomic E-state index is -2.67. The molecule has 3 heterocycles. The predicted molar refractivity (Wildman–Crippen MR) is 96.4 cm³/mol. The molecule has 4 rings (SSSR count). The van der Waals surface area contributed by atoms with Crippen LogP contribution in [0.25, 0.3) is 11.0 Å². The Hall–Kier alpha value is -2.63. The number of hydrogen-bond donors (Lipinski definition) is 3. The molecule has 0 aliphatic heterocycles. The molecular formula is C15H15BrF2N8O. The van der Waals surface area contributed by atoms with Gasteiger partial charge in [0.2, 0.25) is 5.92 Å². The number of aromatic amines is 1. The number of alkyl halides is 2. The maximum atomic E-state index is 13.5. The number of nitrogens with zero attached hydrogens (tertiary/aromatic N) is 5. The molecule has 142 valence electrons. The lowest BCUT2D eigenvalue weighted by Crippen LogP contribution is -2.27. The smallest absolute Gasteiger partial charge is 0.278 e. The van der Waals surface area contributed by atoms with Crippen LogP contribution in [0.15, 0.2) is 17.0 Å². The van der Waals surface area contributed by atoms with E-state index in [0.29, 0.717) is 21.5 Å². The Kier molecular flexibility index (Phi) is 4.29. The zero-order valence-corrected chi connectivity index (χ0v) is 15.5. The lowest BCUT2D eigenvalue weighted by molar-refractivity contribution is -0.0446. The Morgan fingerprint density at radius 2 is 2.11 bits per heavy atom. The number of halogens is 3. The molecule has 0 aromatic carbocycles. The number of carbonyl (C=O) groups excluding carboxylic acids is 1. The van der Waals surface area contributed by atoms with Gasteiger partial charge in [0.15, 0.2) is 17.2 Å². The SMILES string of the molecule is Nc1ncnc2c1c(C(=O)Nc1cc(Br)[nH]n1)nn2C1CCC(F)(F)CC1. The van der Waals surface area contributed by atoms with E-state index in [2.05, 4.69) is 46.5 Å². The summed E-state index contributed by atoms with van der Waals surface area (Å²) in [6.07, 6.45) is 1.27. The van der Waals surface area contributed by atoms with Crippen molar-refractivity contribution >= 4 is 44.5 Å². The molecule has 9 nitrogen and oxygen atoms in total. The van der Waals surface area contributed by atoms with Gasteiger partial charge in [0.1, 0.15) is 16.7 Å². The van der Waals surface area contributed by atoms with Gasteiger partial charge in [0, 0.05) is 18.9 Å². The van der Waals surface area contributed by atoms with Crippen molar-refractivity contribution in [3.63, 3.8) is 0 Å². The molecule has 1 aliphatic carbocycles. The van der Waals surface area contributed by atoms with Crippen LogP contribution >= 0.6 is 15.9 Å². The first kappa shape index (κ1) is 17.8. The number of rotatable bonds is 3. The number of nitrogen functional groups attached to an aromatic ring is 1. The van der Waals surface area contributed by atoms with E-state index in [0.717, 1.165) is 0 Å². The number of nitrogens with one attached hydrogen (secondary N) is 2. The zero-order valence-electron chi connectivity index (χ0n) is 13.9. The molecule has 0 atom stereocenters. The molecule has 1 aliphatic rings. The van der Waals surface area contributed by atoms with Crippen LogP contribution in [0, 0.1) is 0 Å². The molecule has 0 saturated heterocycles. The number of amides is 1. The number of nitrogens with two attached hydrogens (primary N) is 1. The monoisotopic (exact) mass is 440 g/mol. The lowest BCUT2D eigenvalue weighted by atomic mass is 9.92. The first-order valence-electron chi connectivity index (χ1n) is 8.23. The normalized spacial score (nSPS) is 17.3. The van der Waals surface area contributed by atoms with Gasteiger partial charge >= 0.3 is 0 Å². The minimum Gasteiger partial charge on any atom is -0.383 e. The number of hydrogen-bond acceptors (Lipinski definition) is 6. The van der Waals surface area contributed by atoms with E-state index in [1.165, 1.54) is 11.0 Å². The zero-order chi connectivity index (χ0) is 19.2. The average molecular weight is 441 g/mol. The van der Waals surface area contributed by atoms with Crippen LogP contribution in [0.1, 0.15) is 42.2 Å². The van der Waals surface area contributed by atoms with Crippen LogP contribution in [0.5, 0.6) is 0 Å². The van der Waals surface area contributed by atoms with E-state index in [9.17, 15) is 13.6 Å². The molecule has 0 unspecified atom stereocenters. The van der Waals surface area contributed by atoms with Gasteiger partial charge in [-0.25, -0.2) is 23.4 Å². The topological polar surface area (TPSA) is 127 Å². The second-order valence-corrected chi connectivity index (χ2v) is 7.25. The first-order chi connectivity index (χ1) is 12.8. The van der Waals surface area contributed by atoms with Crippen molar-refractivity contribution in [1.82, 2.24) is 29.9 Å². The van der Waals surface area contributed by atoms with Gasteiger partial charge in [-0.3, -0.25) is 9.89 Å². The van der Waals surface area contributed by atoms with Crippen molar-refractivity contribution in [2.24, 2.45) is 0 Å². The van der Waals surface area contributed by atoms with Gasteiger partial charge in [-0.2, -0.15) is 10.2 Å². The summed E-state index contributed by atoms with van der Waals surface area (Å²) in [4.78, 5) is 20.8. The number of H-pyrrole nitrogens is 1. The second-order valence-electron chi connectivity index (χ2n) is 6.39. The summed E-state index contributed by atoms with van der Waals surface area (Å²) < 4.78 is 29.1. The van der Waals surface area contributed by atoms with E-state index < -0.39 is 11.8 Å².